The van der Waals surface area contributed by atoms with Gasteiger partial charge in [-0.25, -0.2) is 0 Å². The number of benzene rings is 1. The van der Waals surface area contributed by atoms with E-state index in [0.717, 1.165) is 28.8 Å². The van der Waals surface area contributed by atoms with E-state index in [1.165, 1.54) is 5.56 Å². The van der Waals surface area contributed by atoms with Crippen LogP contribution in [0.5, 0.6) is 0 Å². The van der Waals surface area contributed by atoms with Crippen molar-refractivity contribution < 1.29 is 0 Å². The van der Waals surface area contributed by atoms with Crippen LogP contribution >= 0.6 is 11.6 Å². The fraction of sp³-hybridized carbons (Fsp3) is 0.400. The van der Waals surface area contributed by atoms with Crippen LogP contribution in [0.15, 0.2) is 24.4 Å². The number of aryl methyl sites for hydroxylation is 1. The van der Waals surface area contributed by atoms with Crippen molar-refractivity contribution in [1.82, 2.24) is 9.78 Å². The highest BCUT2D eigenvalue weighted by Crippen LogP contribution is 2.40. The lowest BCUT2D eigenvalue weighted by Crippen LogP contribution is -2.40. The zero-order valence-electron chi connectivity index (χ0n) is 12.2. The minimum Gasteiger partial charge on any atom is -0.360 e. The Bertz CT molecular complexity index is 654. The van der Waals surface area contributed by atoms with Crippen LogP contribution in [-0.4, -0.2) is 15.3 Å². The van der Waals surface area contributed by atoms with Crippen LogP contribution in [0.1, 0.15) is 26.3 Å². The number of anilines is 3. The molecule has 3 rings (SSSR count). The average molecular weight is 291 g/mol. The van der Waals surface area contributed by atoms with Gasteiger partial charge in [-0.2, -0.15) is 5.10 Å². The lowest BCUT2D eigenvalue weighted by Gasteiger charge is -2.37. The van der Waals surface area contributed by atoms with Gasteiger partial charge in [-0.3, -0.25) is 4.68 Å². The van der Waals surface area contributed by atoms with Gasteiger partial charge in [0.1, 0.15) is 5.82 Å². The summed E-state index contributed by atoms with van der Waals surface area (Å²) in [4.78, 5) is 2.37. The maximum absolute atomic E-state index is 6.15. The first-order valence-corrected chi connectivity index (χ1v) is 7.09. The maximum atomic E-state index is 6.15. The predicted octanol–water partition coefficient (Wildman–Crippen LogP) is 3.94. The summed E-state index contributed by atoms with van der Waals surface area (Å²) in [5.41, 5.74) is 3.39. The summed E-state index contributed by atoms with van der Waals surface area (Å²) in [6.45, 7) is 7.47. The number of nitrogens with one attached hydrogen (secondary N) is 1. The molecule has 0 saturated heterocycles. The highest BCUT2D eigenvalue weighted by molar-refractivity contribution is 6.31. The summed E-state index contributed by atoms with van der Waals surface area (Å²) >= 11 is 6.15. The fourth-order valence-electron chi connectivity index (χ4n) is 2.59. The first kappa shape index (κ1) is 13.3. The van der Waals surface area contributed by atoms with Crippen molar-refractivity contribution in [2.75, 3.05) is 10.2 Å². The Morgan fingerprint density at radius 2 is 2.05 bits per heavy atom. The van der Waals surface area contributed by atoms with Crippen molar-refractivity contribution in [3.63, 3.8) is 0 Å². The SMILES string of the molecule is Cn1ncc2c1Nc1cc(Cl)ccc1N(C(C)(C)C)C2. The van der Waals surface area contributed by atoms with E-state index in [2.05, 4.69) is 42.2 Å². The summed E-state index contributed by atoms with van der Waals surface area (Å²) in [6, 6.07) is 5.99. The van der Waals surface area contributed by atoms with Gasteiger partial charge in [0, 0.05) is 29.7 Å². The van der Waals surface area contributed by atoms with Gasteiger partial charge >= 0.3 is 0 Å². The zero-order chi connectivity index (χ0) is 14.5. The van der Waals surface area contributed by atoms with Gasteiger partial charge in [-0.1, -0.05) is 11.6 Å². The van der Waals surface area contributed by atoms with E-state index in [9.17, 15) is 0 Å². The molecule has 2 heterocycles. The van der Waals surface area contributed by atoms with Crippen LogP contribution in [0.25, 0.3) is 0 Å². The molecule has 0 atom stereocenters. The number of fused-ring (bicyclic) bond motifs is 2. The molecule has 0 amide bonds. The van der Waals surface area contributed by atoms with Gasteiger partial charge in [0.25, 0.3) is 0 Å². The van der Waals surface area contributed by atoms with E-state index in [4.69, 9.17) is 11.6 Å². The third-order valence-electron chi connectivity index (χ3n) is 3.66. The van der Waals surface area contributed by atoms with E-state index in [-0.39, 0.29) is 5.54 Å². The standard InChI is InChI=1S/C15H19ClN4/c1-15(2,3)20-9-10-8-17-19(4)14(10)18-12-7-11(16)5-6-13(12)20/h5-8,18H,9H2,1-4H3. The largest absolute Gasteiger partial charge is 0.360 e. The summed E-state index contributed by atoms with van der Waals surface area (Å²) in [7, 11) is 1.95. The smallest absolute Gasteiger partial charge is 0.133 e. The molecule has 0 radical (unpaired) electrons. The minimum absolute atomic E-state index is 0.0156. The summed E-state index contributed by atoms with van der Waals surface area (Å²) in [5, 5.41) is 8.55. The van der Waals surface area contributed by atoms with E-state index in [1.807, 2.05) is 30.1 Å². The molecule has 20 heavy (non-hydrogen) atoms. The van der Waals surface area contributed by atoms with E-state index in [1.54, 1.807) is 0 Å². The molecule has 0 spiro atoms. The number of rotatable bonds is 0. The van der Waals surface area contributed by atoms with Gasteiger partial charge < -0.3 is 10.2 Å². The first-order chi connectivity index (χ1) is 9.36. The summed E-state index contributed by atoms with van der Waals surface area (Å²) in [5.74, 6) is 1.03. The van der Waals surface area contributed by atoms with Gasteiger partial charge in [-0.05, 0) is 39.0 Å². The Morgan fingerprint density at radius 3 is 2.75 bits per heavy atom. The average Bonchev–Trinajstić information content (AvgIpc) is 2.59. The van der Waals surface area contributed by atoms with Crippen LogP contribution < -0.4 is 10.2 Å². The molecule has 1 N–H and O–H groups in total. The Hall–Kier alpha value is -1.68. The second-order valence-corrected chi connectivity index (χ2v) is 6.62. The van der Waals surface area contributed by atoms with E-state index < -0.39 is 0 Å². The third kappa shape index (κ3) is 2.14. The van der Waals surface area contributed by atoms with Gasteiger partial charge in [0.05, 0.1) is 17.6 Å². The normalized spacial score (nSPS) is 14.3. The molecule has 0 bridgehead atoms. The van der Waals surface area contributed by atoms with Crippen LogP contribution in [0.4, 0.5) is 17.2 Å². The zero-order valence-corrected chi connectivity index (χ0v) is 13.0. The van der Waals surface area contributed by atoms with Gasteiger partial charge in [0.2, 0.25) is 0 Å². The van der Waals surface area contributed by atoms with Crippen molar-refractivity contribution in [3.8, 4) is 0 Å². The van der Waals surface area contributed by atoms with Gasteiger partial charge in [0.15, 0.2) is 0 Å². The third-order valence-corrected chi connectivity index (χ3v) is 3.89. The topological polar surface area (TPSA) is 33.1 Å². The minimum atomic E-state index is 0.0156. The highest BCUT2D eigenvalue weighted by Gasteiger charge is 2.28. The van der Waals surface area contributed by atoms with Crippen molar-refractivity contribution in [3.05, 3.63) is 35.0 Å². The van der Waals surface area contributed by atoms with Crippen LogP contribution in [0, 0.1) is 0 Å². The quantitative estimate of drug-likeness (QED) is 0.798. The number of nitrogens with zero attached hydrogens (tertiary/aromatic N) is 3. The highest BCUT2D eigenvalue weighted by atomic mass is 35.5. The van der Waals surface area contributed by atoms with Crippen LogP contribution in [-0.2, 0) is 13.6 Å². The van der Waals surface area contributed by atoms with Crippen molar-refractivity contribution >= 4 is 28.8 Å². The molecule has 0 unspecified atom stereocenters. The summed E-state index contributed by atoms with van der Waals surface area (Å²) < 4.78 is 1.87. The molecule has 0 fully saturated rings. The predicted molar refractivity (Wildman–Crippen MR) is 83.9 cm³/mol. The molecule has 1 aliphatic rings. The second kappa shape index (κ2) is 4.42. The number of hydrogen-bond acceptors (Lipinski definition) is 3. The molecule has 1 aliphatic heterocycles. The fourth-order valence-corrected chi connectivity index (χ4v) is 2.76. The monoisotopic (exact) mass is 290 g/mol. The molecule has 1 aromatic carbocycles. The molecule has 2 aromatic rings. The molecular weight excluding hydrogens is 272 g/mol. The summed E-state index contributed by atoms with van der Waals surface area (Å²) in [6.07, 6.45) is 1.93. The Balaban J connectivity index is 2.20. The number of halogens is 1. The number of aromatic nitrogens is 2. The molecular formula is C15H19ClN4. The molecule has 0 aliphatic carbocycles. The maximum Gasteiger partial charge on any atom is 0.133 e. The lowest BCUT2D eigenvalue weighted by atomic mass is 10.0. The molecule has 1 aromatic heterocycles. The van der Waals surface area contributed by atoms with Crippen molar-refractivity contribution in [2.24, 2.45) is 7.05 Å². The molecule has 106 valence electrons. The molecule has 5 heteroatoms. The van der Waals surface area contributed by atoms with Crippen molar-refractivity contribution in [2.45, 2.75) is 32.9 Å². The first-order valence-electron chi connectivity index (χ1n) is 6.71. The second-order valence-electron chi connectivity index (χ2n) is 6.19. The van der Waals surface area contributed by atoms with Crippen molar-refractivity contribution in [1.29, 1.82) is 0 Å². The van der Waals surface area contributed by atoms with E-state index >= 15 is 0 Å². The Morgan fingerprint density at radius 1 is 1.30 bits per heavy atom. The van der Waals surface area contributed by atoms with Crippen LogP contribution in [0.3, 0.4) is 0 Å². The van der Waals surface area contributed by atoms with Gasteiger partial charge in [-0.15, -0.1) is 0 Å². The number of hydrogen-bond donors (Lipinski definition) is 1. The molecule has 0 saturated carbocycles. The lowest BCUT2D eigenvalue weighted by molar-refractivity contribution is 0.503. The van der Waals surface area contributed by atoms with E-state index in [0.29, 0.717) is 0 Å². The molecule has 4 nitrogen and oxygen atoms in total. The van der Waals surface area contributed by atoms with Crippen LogP contribution in [0.2, 0.25) is 5.02 Å². The Kier molecular flexibility index (Phi) is 2.94. The Labute approximate surface area is 124 Å².